The van der Waals surface area contributed by atoms with Crippen LogP contribution in [0.2, 0.25) is 0 Å². The largest absolute Gasteiger partial charge is 0.368 e. The molecule has 52 heavy (non-hydrogen) atoms. The molecule has 6 amide bonds. The zero-order valence-electron chi connectivity index (χ0n) is 31.8. The smallest absolute Gasteiger partial charge is 0.243 e. The van der Waals surface area contributed by atoms with E-state index in [9.17, 15) is 28.8 Å². The highest BCUT2D eigenvalue weighted by molar-refractivity contribution is 5.94. The molecule has 2 aromatic rings. The first-order chi connectivity index (χ1) is 24.4. The van der Waals surface area contributed by atoms with E-state index in [1.165, 1.54) is 0 Å². The Bertz CT molecular complexity index is 1480. The molecule has 0 saturated carbocycles. The SMILES string of the molecule is CC(C)[C@H](N)C(=O)N[C@H](C(=O)N[C@H](CC(=O)N[C@@H](Cc1ccccc1)C(=O)N[C@H](C(=O)N[C@H](C(N)=O)C(C)C)C(C)C)Cc1ccccc1)C(C)C. The Kier molecular flexibility index (Phi) is 17.5. The lowest BCUT2D eigenvalue weighted by Crippen LogP contribution is -2.59. The summed E-state index contributed by atoms with van der Waals surface area (Å²) in [5.41, 5.74) is 13.2. The number of carbonyl (C=O) groups is 6. The molecule has 0 aliphatic carbocycles. The first-order valence-corrected chi connectivity index (χ1v) is 18.0. The number of nitrogens with two attached hydrogens (primary N) is 2. The van der Waals surface area contributed by atoms with Gasteiger partial charge in [-0.15, -0.1) is 0 Å². The number of amides is 6. The molecule has 0 aliphatic heterocycles. The molecule has 0 spiro atoms. The standard InChI is InChI=1S/C39H59N7O6/c1-22(2)31(40)37(50)46-33(24(5)6)38(51)42-28(19-26-15-11-9-12-16-26)21-30(47)43-29(20-27-17-13-10-14-18-27)36(49)45-34(25(7)8)39(52)44-32(23(3)4)35(41)48/h9-18,22-25,28-29,31-34H,19-21,40H2,1-8H3,(H2,41,48)(H,42,51)(H,43,47)(H,44,52)(H,45,49)(H,46,50)/t28-,29-,31-,32-,33-,34-/m0/s1. The number of rotatable bonds is 20. The predicted octanol–water partition coefficient (Wildman–Crippen LogP) is 1.72. The van der Waals surface area contributed by atoms with E-state index in [0.29, 0.717) is 6.42 Å². The second-order valence-corrected chi connectivity index (χ2v) is 14.8. The highest BCUT2D eigenvalue weighted by Crippen LogP contribution is 2.12. The maximum absolute atomic E-state index is 13.9. The molecule has 2 aromatic carbocycles. The van der Waals surface area contributed by atoms with Gasteiger partial charge in [0.05, 0.1) is 6.04 Å². The Morgan fingerprint density at radius 3 is 1.38 bits per heavy atom. The summed E-state index contributed by atoms with van der Waals surface area (Å²) >= 11 is 0. The van der Waals surface area contributed by atoms with E-state index in [1.54, 1.807) is 41.5 Å². The van der Waals surface area contributed by atoms with Crippen molar-refractivity contribution in [2.75, 3.05) is 0 Å². The third kappa shape index (κ3) is 14.1. The predicted molar refractivity (Wildman–Crippen MR) is 201 cm³/mol. The van der Waals surface area contributed by atoms with Gasteiger partial charge in [0.1, 0.15) is 24.2 Å². The molecule has 286 valence electrons. The maximum atomic E-state index is 13.9. The van der Waals surface area contributed by atoms with Gasteiger partial charge in [-0.25, -0.2) is 0 Å². The van der Waals surface area contributed by atoms with E-state index < -0.39 is 71.7 Å². The summed E-state index contributed by atoms with van der Waals surface area (Å²) in [6.07, 6.45) is 0.229. The zero-order valence-corrected chi connectivity index (χ0v) is 31.8. The van der Waals surface area contributed by atoms with Crippen molar-refractivity contribution < 1.29 is 28.8 Å². The van der Waals surface area contributed by atoms with Gasteiger partial charge in [0.25, 0.3) is 0 Å². The number of hydrogen-bond donors (Lipinski definition) is 7. The van der Waals surface area contributed by atoms with Crippen LogP contribution in [0.15, 0.2) is 60.7 Å². The quantitative estimate of drug-likeness (QED) is 0.107. The second-order valence-electron chi connectivity index (χ2n) is 14.8. The molecule has 0 saturated heterocycles. The van der Waals surface area contributed by atoms with Crippen molar-refractivity contribution in [3.63, 3.8) is 0 Å². The average molecular weight is 722 g/mol. The van der Waals surface area contributed by atoms with Gasteiger partial charge < -0.3 is 38.1 Å². The highest BCUT2D eigenvalue weighted by atomic mass is 16.2. The number of nitrogens with one attached hydrogen (secondary N) is 5. The third-order valence-electron chi connectivity index (χ3n) is 8.82. The van der Waals surface area contributed by atoms with Crippen molar-refractivity contribution in [1.29, 1.82) is 0 Å². The Balaban J connectivity index is 2.34. The van der Waals surface area contributed by atoms with Crippen molar-refractivity contribution in [1.82, 2.24) is 26.6 Å². The average Bonchev–Trinajstić information content (AvgIpc) is 3.07. The molecule has 13 nitrogen and oxygen atoms in total. The molecule has 9 N–H and O–H groups in total. The van der Waals surface area contributed by atoms with Gasteiger partial charge >= 0.3 is 0 Å². The van der Waals surface area contributed by atoms with Gasteiger partial charge in [-0.2, -0.15) is 0 Å². The number of hydrogen-bond acceptors (Lipinski definition) is 7. The first kappa shape index (κ1) is 43.4. The zero-order chi connectivity index (χ0) is 39.1. The van der Waals surface area contributed by atoms with Gasteiger partial charge in [0, 0.05) is 18.9 Å². The minimum Gasteiger partial charge on any atom is -0.368 e. The number of primary amides is 1. The molecule has 0 aliphatic rings. The molecule has 6 atom stereocenters. The monoisotopic (exact) mass is 721 g/mol. The van der Waals surface area contributed by atoms with Crippen LogP contribution >= 0.6 is 0 Å². The third-order valence-corrected chi connectivity index (χ3v) is 8.82. The van der Waals surface area contributed by atoms with Crippen molar-refractivity contribution >= 4 is 35.4 Å². The van der Waals surface area contributed by atoms with Gasteiger partial charge in [-0.05, 0) is 41.2 Å². The topological polar surface area (TPSA) is 215 Å². The molecule has 2 rings (SSSR count). The molecule has 0 heterocycles. The highest BCUT2D eigenvalue weighted by Gasteiger charge is 2.33. The van der Waals surface area contributed by atoms with Crippen molar-refractivity contribution in [2.24, 2.45) is 35.1 Å². The van der Waals surface area contributed by atoms with Gasteiger partial charge in [0.15, 0.2) is 0 Å². The number of benzene rings is 2. The van der Waals surface area contributed by atoms with Crippen LogP contribution in [0.25, 0.3) is 0 Å². The lowest BCUT2D eigenvalue weighted by Gasteiger charge is -2.29. The fraction of sp³-hybridized carbons (Fsp3) is 0.538. The van der Waals surface area contributed by atoms with Gasteiger partial charge in [0.2, 0.25) is 35.4 Å². The van der Waals surface area contributed by atoms with Crippen molar-refractivity contribution in [3.05, 3.63) is 71.8 Å². The van der Waals surface area contributed by atoms with Crippen LogP contribution in [-0.4, -0.2) is 71.7 Å². The van der Waals surface area contributed by atoms with E-state index in [-0.39, 0.29) is 36.5 Å². The van der Waals surface area contributed by atoms with Gasteiger partial charge in [-0.3, -0.25) is 28.8 Å². The maximum Gasteiger partial charge on any atom is 0.243 e. The van der Waals surface area contributed by atoms with E-state index in [4.69, 9.17) is 11.5 Å². The van der Waals surface area contributed by atoms with E-state index in [1.807, 2.05) is 74.5 Å². The Morgan fingerprint density at radius 2 is 0.942 bits per heavy atom. The number of carbonyl (C=O) groups excluding carboxylic acids is 6. The summed E-state index contributed by atoms with van der Waals surface area (Å²) in [6.45, 7) is 14.3. The first-order valence-electron chi connectivity index (χ1n) is 18.0. The van der Waals surface area contributed by atoms with Crippen LogP contribution in [-0.2, 0) is 41.6 Å². The van der Waals surface area contributed by atoms with Crippen molar-refractivity contribution in [3.8, 4) is 0 Å². The Labute approximate surface area is 308 Å². The molecule has 0 aromatic heterocycles. The second kappa shape index (κ2) is 20.9. The van der Waals surface area contributed by atoms with Crippen LogP contribution in [0.5, 0.6) is 0 Å². The molecule has 0 radical (unpaired) electrons. The fourth-order valence-electron chi connectivity index (χ4n) is 5.59. The van der Waals surface area contributed by atoms with E-state index >= 15 is 0 Å². The minimum absolute atomic E-state index is 0.119. The summed E-state index contributed by atoms with van der Waals surface area (Å²) in [4.78, 5) is 79.4. The summed E-state index contributed by atoms with van der Waals surface area (Å²) in [5.74, 6) is -4.34. The lowest BCUT2D eigenvalue weighted by atomic mass is 9.97. The molecular formula is C39H59N7O6. The van der Waals surface area contributed by atoms with E-state index in [2.05, 4.69) is 26.6 Å². The summed E-state index contributed by atoms with van der Waals surface area (Å²) in [6, 6.07) is 13.0. The van der Waals surface area contributed by atoms with Crippen LogP contribution < -0.4 is 38.1 Å². The molecule has 0 fully saturated rings. The summed E-state index contributed by atoms with van der Waals surface area (Å²) in [7, 11) is 0. The molecule has 13 heteroatoms. The van der Waals surface area contributed by atoms with Crippen LogP contribution in [0.1, 0.15) is 72.9 Å². The fourth-order valence-corrected chi connectivity index (χ4v) is 5.59. The lowest BCUT2D eigenvalue weighted by molar-refractivity contribution is -0.134. The Morgan fingerprint density at radius 1 is 0.519 bits per heavy atom. The molecule has 0 bridgehead atoms. The summed E-state index contributed by atoms with van der Waals surface area (Å²) < 4.78 is 0. The van der Waals surface area contributed by atoms with Gasteiger partial charge in [-0.1, -0.05) is 116 Å². The molecule has 0 unspecified atom stereocenters. The van der Waals surface area contributed by atoms with Crippen LogP contribution in [0.3, 0.4) is 0 Å². The molecular weight excluding hydrogens is 662 g/mol. The van der Waals surface area contributed by atoms with E-state index in [0.717, 1.165) is 11.1 Å². The van der Waals surface area contributed by atoms with Crippen LogP contribution in [0.4, 0.5) is 0 Å². The Hall–Kier alpha value is -4.78. The summed E-state index contributed by atoms with van der Waals surface area (Å²) in [5, 5.41) is 14.0. The minimum atomic E-state index is -1.09. The normalized spacial score (nSPS) is 14.9. The van der Waals surface area contributed by atoms with Crippen molar-refractivity contribution in [2.45, 2.75) is 111 Å². The van der Waals surface area contributed by atoms with Crippen LogP contribution in [0, 0.1) is 23.7 Å².